The molecule has 2 rings (SSSR count). The molecule has 2 aromatic rings. The number of aromatic nitrogens is 1. The van der Waals surface area contributed by atoms with Crippen molar-refractivity contribution < 1.29 is 18.0 Å². The lowest BCUT2D eigenvalue weighted by Gasteiger charge is -2.30. The minimum atomic E-state index is -3.52. The highest BCUT2D eigenvalue weighted by Gasteiger charge is 2.28. The van der Waals surface area contributed by atoms with Crippen molar-refractivity contribution in [2.75, 3.05) is 19.8 Å². The van der Waals surface area contributed by atoms with Crippen molar-refractivity contribution >= 4 is 21.8 Å². The third kappa shape index (κ3) is 6.95. The molecule has 0 aliphatic rings. The summed E-state index contributed by atoms with van der Waals surface area (Å²) >= 11 is 0. The Labute approximate surface area is 171 Å². The van der Waals surface area contributed by atoms with Crippen molar-refractivity contribution in [2.45, 2.75) is 26.1 Å². The molecule has 1 heterocycles. The second-order valence-electron chi connectivity index (χ2n) is 6.78. The van der Waals surface area contributed by atoms with E-state index in [9.17, 15) is 18.0 Å². The van der Waals surface area contributed by atoms with Crippen molar-refractivity contribution in [1.82, 2.24) is 19.5 Å². The van der Waals surface area contributed by atoms with E-state index < -0.39 is 22.0 Å². The Bertz CT molecular complexity index is 920. The van der Waals surface area contributed by atoms with Crippen LogP contribution in [0.4, 0.5) is 0 Å². The average molecular weight is 419 g/mol. The molecule has 0 unspecified atom stereocenters. The van der Waals surface area contributed by atoms with Crippen LogP contribution in [0.2, 0.25) is 0 Å². The molecule has 0 fully saturated rings. The Morgan fingerprint density at radius 2 is 1.76 bits per heavy atom. The summed E-state index contributed by atoms with van der Waals surface area (Å²) in [6.45, 7) is 1.76. The first-order chi connectivity index (χ1) is 13.7. The summed E-state index contributed by atoms with van der Waals surface area (Å²) in [5.74, 6) is -0.786. The molecule has 1 N–H and O–H groups in total. The molecule has 1 aromatic heterocycles. The van der Waals surface area contributed by atoms with Crippen LogP contribution < -0.4 is 5.32 Å². The summed E-state index contributed by atoms with van der Waals surface area (Å²) in [5, 5.41) is 2.80. The number of hydrogen-bond acceptors (Lipinski definition) is 5. The number of rotatable bonds is 9. The number of nitrogens with one attached hydrogen (secondary N) is 1. The molecule has 1 aromatic carbocycles. The molecular formula is C20H26N4O4S. The monoisotopic (exact) mass is 418 g/mol. The quantitative estimate of drug-likeness (QED) is 0.655. The van der Waals surface area contributed by atoms with E-state index in [0.717, 1.165) is 21.7 Å². The molecule has 156 valence electrons. The molecule has 29 heavy (non-hydrogen) atoms. The normalized spacial score (nSPS) is 12.4. The lowest BCUT2D eigenvalue weighted by molar-refractivity contribution is -0.140. The lowest BCUT2D eigenvalue weighted by Crippen LogP contribution is -2.50. The highest BCUT2D eigenvalue weighted by atomic mass is 32.2. The van der Waals surface area contributed by atoms with Crippen LogP contribution in [0.5, 0.6) is 0 Å². The second-order valence-corrected chi connectivity index (χ2v) is 8.87. The number of carbonyl (C=O) groups is 2. The number of hydrogen-bond donors (Lipinski definition) is 1. The number of benzene rings is 1. The van der Waals surface area contributed by atoms with Gasteiger partial charge in [-0.2, -0.15) is 4.31 Å². The SMILES string of the molecule is C[C@@H](C(=O)NCc1cccnc1)N(Cc1ccccc1)C(=O)CN(C)S(C)(=O)=O. The van der Waals surface area contributed by atoms with E-state index in [-0.39, 0.29) is 25.5 Å². The first kappa shape index (κ1) is 22.5. The van der Waals surface area contributed by atoms with Gasteiger partial charge in [0.1, 0.15) is 6.04 Å². The van der Waals surface area contributed by atoms with Crippen LogP contribution >= 0.6 is 0 Å². The minimum Gasteiger partial charge on any atom is -0.350 e. The summed E-state index contributed by atoms with van der Waals surface area (Å²) in [5.41, 5.74) is 1.68. The maximum absolute atomic E-state index is 12.9. The van der Waals surface area contributed by atoms with Gasteiger partial charge in [0, 0.05) is 32.5 Å². The lowest BCUT2D eigenvalue weighted by atomic mass is 10.1. The molecule has 0 saturated carbocycles. The van der Waals surface area contributed by atoms with Gasteiger partial charge in [0.15, 0.2) is 0 Å². The summed E-state index contributed by atoms with van der Waals surface area (Å²) in [7, 11) is -2.18. The summed E-state index contributed by atoms with van der Waals surface area (Å²) in [4.78, 5) is 30.9. The fourth-order valence-electron chi connectivity index (χ4n) is 2.60. The van der Waals surface area contributed by atoms with Gasteiger partial charge in [-0.25, -0.2) is 8.42 Å². The number of likely N-dealkylation sites (N-methyl/N-ethyl adjacent to an activating group) is 1. The molecular weight excluding hydrogens is 392 g/mol. The maximum atomic E-state index is 12.9. The molecule has 0 saturated heterocycles. The Morgan fingerprint density at radius 1 is 1.10 bits per heavy atom. The van der Waals surface area contributed by atoms with Crippen LogP contribution in [0.3, 0.4) is 0 Å². The predicted octanol–water partition coefficient (Wildman–Crippen LogP) is 1.01. The van der Waals surface area contributed by atoms with Crippen molar-refractivity contribution in [2.24, 2.45) is 0 Å². The molecule has 0 bridgehead atoms. The molecule has 9 heteroatoms. The Morgan fingerprint density at radius 3 is 2.34 bits per heavy atom. The molecule has 1 atom stereocenters. The maximum Gasteiger partial charge on any atom is 0.242 e. The van der Waals surface area contributed by atoms with Crippen LogP contribution in [0.15, 0.2) is 54.9 Å². The van der Waals surface area contributed by atoms with Crippen LogP contribution in [0.25, 0.3) is 0 Å². The van der Waals surface area contributed by atoms with Gasteiger partial charge in [0.25, 0.3) is 0 Å². The zero-order valence-corrected chi connectivity index (χ0v) is 17.6. The van der Waals surface area contributed by atoms with Gasteiger partial charge in [-0.15, -0.1) is 0 Å². The third-order valence-corrected chi connectivity index (χ3v) is 5.74. The predicted molar refractivity (Wildman–Crippen MR) is 110 cm³/mol. The van der Waals surface area contributed by atoms with Gasteiger partial charge in [-0.3, -0.25) is 14.6 Å². The molecule has 0 aliphatic carbocycles. The number of amides is 2. The fraction of sp³-hybridized carbons (Fsp3) is 0.350. The van der Waals surface area contributed by atoms with E-state index in [4.69, 9.17) is 0 Å². The van der Waals surface area contributed by atoms with Crippen LogP contribution in [0, 0.1) is 0 Å². The van der Waals surface area contributed by atoms with Gasteiger partial charge in [-0.05, 0) is 24.1 Å². The number of pyridine rings is 1. The zero-order chi connectivity index (χ0) is 21.4. The highest BCUT2D eigenvalue weighted by Crippen LogP contribution is 2.11. The Hall–Kier alpha value is -2.78. The molecule has 8 nitrogen and oxygen atoms in total. The summed E-state index contributed by atoms with van der Waals surface area (Å²) in [6.07, 6.45) is 4.33. The van der Waals surface area contributed by atoms with Crippen molar-refractivity contribution in [1.29, 1.82) is 0 Å². The van der Waals surface area contributed by atoms with Gasteiger partial charge in [0.05, 0.1) is 12.8 Å². The van der Waals surface area contributed by atoms with E-state index >= 15 is 0 Å². The largest absolute Gasteiger partial charge is 0.350 e. The van der Waals surface area contributed by atoms with E-state index in [0.29, 0.717) is 0 Å². The van der Waals surface area contributed by atoms with E-state index in [1.165, 1.54) is 11.9 Å². The second kappa shape index (κ2) is 10.1. The summed E-state index contributed by atoms with van der Waals surface area (Å²) in [6, 6.07) is 12.1. The number of nitrogens with zero attached hydrogens (tertiary/aromatic N) is 3. The van der Waals surface area contributed by atoms with Gasteiger partial charge in [-0.1, -0.05) is 36.4 Å². The number of sulfonamides is 1. The van der Waals surface area contributed by atoms with E-state index in [1.807, 2.05) is 36.4 Å². The first-order valence-corrected chi connectivity index (χ1v) is 10.9. The zero-order valence-electron chi connectivity index (χ0n) is 16.8. The highest BCUT2D eigenvalue weighted by molar-refractivity contribution is 7.88. The molecule has 0 aliphatic heterocycles. The third-order valence-electron chi connectivity index (χ3n) is 4.48. The topological polar surface area (TPSA) is 99.7 Å². The molecule has 2 amide bonds. The molecule has 0 spiro atoms. The number of carbonyl (C=O) groups excluding carboxylic acids is 2. The summed E-state index contributed by atoms with van der Waals surface area (Å²) < 4.78 is 24.3. The minimum absolute atomic E-state index is 0.193. The van der Waals surface area contributed by atoms with Crippen LogP contribution in [-0.4, -0.2) is 60.3 Å². The fourth-order valence-corrected chi connectivity index (χ4v) is 2.95. The van der Waals surface area contributed by atoms with Gasteiger partial charge >= 0.3 is 0 Å². The van der Waals surface area contributed by atoms with Crippen molar-refractivity contribution in [3.8, 4) is 0 Å². The molecule has 0 radical (unpaired) electrons. The van der Waals surface area contributed by atoms with Crippen molar-refractivity contribution in [3.63, 3.8) is 0 Å². The van der Waals surface area contributed by atoms with Gasteiger partial charge in [0.2, 0.25) is 21.8 Å². The van der Waals surface area contributed by atoms with E-state index in [2.05, 4.69) is 10.3 Å². The smallest absolute Gasteiger partial charge is 0.242 e. The first-order valence-electron chi connectivity index (χ1n) is 9.10. The Balaban J connectivity index is 2.13. The Kier molecular flexibility index (Phi) is 7.86. The van der Waals surface area contributed by atoms with E-state index in [1.54, 1.807) is 25.4 Å². The van der Waals surface area contributed by atoms with Crippen LogP contribution in [-0.2, 0) is 32.7 Å². The van der Waals surface area contributed by atoms with Crippen molar-refractivity contribution in [3.05, 3.63) is 66.0 Å². The van der Waals surface area contributed by atoms with Gasteiger partial charge < -0.3 is 10.2 Å². The average Bonchev–Trinajstić information content (AvgIpc) is 2.70. The standard InChI is InChI=1S/C20H26N4O4S/c1-16(20(26)22-13-18-10-7-11-21-12-18)24(14-17-8-5-4-6-9-17)19(25)15-23(2)29(3,27)28/h4-12,16H,13-15H2,1-3H3,(H,22,26)/t16-/m0/s1. The van der Waals surface area contributed by atoms with Crippen LogP contribution in [0.1, 0.15) is 18.1 Å².